The van der Waals surface area contributed by atoms with Crippen LogP contribution in [0.25, 0.3) is 0 Å². The molecule has 1 aromatic rings. The van der Waals surface area contributed by atoms with Crippen molar-refractivity contribution >= 4 is 21.6 Å². The lowest BCUT2D eigenvalue weighted by atomic mass is 9.97. The topological polar surface area (TPSA) is 110 Å². The van der Waals surface area contributed by atoms with Crippen LogP contribution in [-0.2, 0) is 14.8 Å². The van der Waals surface area contributed by atoms with Crippen LogP contribution in [0.4, 0.5) is 18.9 Å². The molecule has 1 saturated heterocycles. The quantitative estimate of drug-likeness (QED) is 0.591. The van der Waals surface area contributed by atoms with E-state index in [1.807, 2.05) is 0 Å². The highest BCUT2D eigenvalue weighted by Crippen LogP contribution is 2.28. The zero-order valence-electron chi connectivity index (χ0n) is 14.3. The van der Waals surface area contributed by atoms with Crippen molar-refractivity contribution in [1.29, 1.82) is 0 Å². The molecule has 1 heterocycles. The molecule has 1 fully saturated rings. The Morgan fingerprint density at radius 1 is 1.33 bits per heavy atom. The van der Waals surface area contributed by atoms with Gasteiger partial charge in [0, 0.05) is 31.1 Å². The molecular formula is C15H18F3N3O5S. The molecule has 1 aliphatic rings. The summed E-state index contributed by atoms with van der Waals surface area (Å²) in [4.78, 5) is 21.8. The van der Waals surface area contributed by atoms with Crippen molar-refractivity contribution in [1.82, 2.24) is 9.62 Å². The molecule has 0 aliphatic carbocycles. The number of alkyl halides is 3. The number of piperidine rings is 1. The van der Waals surface area contributed by atoms with Gasteiger partial charge in [0.1, 0.15) is 6.54 Å². The standard InChI is InChI=1S/C15H18F3N3O5S/c1-10-2-3-12(21(23)24)8-13(10)27(25,26)20-6-4-11(5-7-20)14(22)19-9-15(16,17)18/h2-3,8,11H,4-7,9H2,1H3,(H,19,22). The summed E-state index contributed by atoms with van der Waals surface area (Å²) >= 11 is 0. The van der Waals surface area contributed by atoms with Gasteiger partial charge in [0.05, 0.1) is 9.82 Å². The van der Waals surface area contributed by atoms with E-state index in [1.165, 1.54) is 19.1 Å². The number of sulfonamides is 1. The largest absolute Gasteiger partial charge is 0.405 e. The predicted octanol–water partition coefficient (Wildman–Crippen LogP) is 1.98. The Morgan fingerprint density at radius 2 is 1.93 bits per heavy atom. The average molecular weight is 409 g/mol. The molecule has 0 saturated carbocycles. The van der Waals surface area contributed by atoms with E-state index in [0.717, 1.165) is 10.4 Å². The molecule has 0 aromatic heterocycles. The Balaban J connectivity index is 2.08. The fourth-order valence-electron chi connectivity index (χ4n) is 2.81. The van der Waals surface area contributed by atoms with Crippen LogP contribution in [-0.4, -0.2) is 49.4 Å². The molecule has 27 heavy (non-hydrogen) atoms. The summed E-state index contributed by atoms with van der Waals surface area (Å²) in [6.07, 6.45) is -4.38. The molecule has 150 valence electrons. The third kappa shape index (κ3) is 5.16. The smallest absolute Gasteiger partial charge is 0.347 e. The minimum absolute atomic E-state index is 0.0609. The summed E-state index contributed by atoms with van der Waals surface area (Å²) in [5, 5.41) is 12.7. The number of aryl methyl sites for hydroxylation is 1. The molecule has 1 aromatic carbocycles. The molecule has 2 rings (SSSR count). The summed E-state index contributed by atoms with van der Waals surface area (Å²) in [5.74, 6) is -1.49. The number of hydrogen-bond donors (Lipinski definition) is 1. The highest BCUT2D eigenvalue weighted by Gasteiger charge is 2.35. The fourth-order valence-corrected chi connectivity index (χ4v) is 4.52. The Labute approximate surface area is 153 Å². The van der Waals surface area contributed by atoms with Crippen LogP contribution in [0.1, 0.15) is 18.4 Å². The van der Waals surface area contributed by atoms with Gasteiger partial charge in [0.25, 0.3) is 5.69 Å². The van der Waals surface area contributed by atoms with E-state index in [-0.39, 0.29) is 36.5 Å². The number of nitro benzene ring substituents is 1. The first kappa shape index (κ1) is 21.1. The van der Waals surface area contributed by atoms with E-state index in [2.05, 4.69) is 0 Å². The van der Waals surface area contributed by atoms with Crippen LogP contribution in [0.2, 0.25) is 0 Å². The number of amides is 1. The van der Waals surface area contributed by atoms with Gasteiger partial charge in [-0.25, -0.2) is 8.42 Å². The van der Waals surface area contributed by atoms with Crippen LogP contribution in [0.3, 0.4) is 0 Å². The number of carbonyl (C=O) groups is 1. The summed E-state index contributed by atoms with van der Waals surface area (Å²) < 4.78 is 63.1. The lowest BCUT2D eigenvalue weighted by Gasteiger charge is -2.31. The molecule has 1 aliphatic heterocycles. The van der Waals surface area contributed by atoms with Crippen LogP contribution >= 0.6 is 0 Å². The number of non-ortho nitro benzene ring substituents is 1. The highest BCUT2D eigenvalue weighted by molar-refractivity contribution is 7.89. The monoisotopic (exact) mass is 409 g/mol. The summed E-state index contributed by atoms with van der Waals surface area (Å²) in [6, 6.07) is 3.51. The predicted molar refractivity (Wildman–Crippen MR) is 88.4 cm³/mol. The van der Waals surface area contributed by atoms with Crippen molar-refractivity contribution in [3.8, 4) is 0 Å². The van der Waals surface area contributed by atoms with Gasteiger partial charge in [-0.3, -0.25) is 14.9 Å². The maximum Gasteiger partial charge on any atom is 0.405 e. The second-order valence-corrected chi connectivity index (χ2v) is 8.12. The first-order valence-corrected chi connectivity index (χ1v) is 9.45. The lowest BCUT2D eigenvalue weighted by Crippen LogP contribution is -2.44. The lowest BCUT2D eigenvalue weighted by molar-refractivity contribution is -0.385. The maximum absolute atomic E-state index is 12.8. The van der Waals surface area contributed by atoms with Crippen molar-refractivity contribution in [3.63, 3.8) is 0 Å². The van der Waals surface area contributed by atoms with Gasteiger partial charge in [-0.05, 0) is 25.3 Å². The molecule has 8 nitrogen and oxygen atoms in total. The average Bonchev–Trinajstić information content (AvgIpc) is 2.59. The van der Waals surface area contributed by atoms with Crippen LogP contribution in [0, 0.1) is 23.0 Å². The molecule has 12 heteroatoms. The minimum Gasteiger partial charge on any atom is -0.347 e. The molecule has 1 N–H and O–H groups in total. The van der Waals surface area contributed by atoms with E-state index in [1.54, 1.807) is 5.32 Å². The second-order valence-electron chi connectivity index (χ2n) is 6.22. The van der Waals surface area contributed by atoms with Gasteiger partial charge in [-0.1, -0.05) is 6.07 Å². The third-order valence-electron chi connectivity index (χ3n) is 4.29. The van der Waals surface area contributed by atoms with E-state index in [0.29, 0.717) is 5.56 Å². The van der Waals surface area contributed by atoms with Crippen LogP contribution in [0.15, 0.2) is 23.1 Å². The van der Waals surface area contributed by atoms with Crippen LogP contribution < -0.4 is 5.32 Å². The zero-order valence-corrected chi connectivity index (χ0v) is 15.1. The molecule has 0 atom stereocenters. The summed E-state index contributed by atoms with van der Waals surface area (Å²) in [5.41, 5.74) is -0.0220. The summed E-state index contributed by atoms with van der Waals surface area (Å²) in [7, 11) is -4.02. The number of nitrogens with zero attached hydrogens (tertiary/aromatic N) is 2. The molecule has 0 bridgehead atoms. The Morgan fingerprint density at radius 3 is 2.44 bits per heavy atom. The highest BCUT2D eigenvalue weighted by atomic mass is 32.2. The van der Waals surface area contributed by atoms with Gasteiger partial charge in [0.2, 0.25) is 15.9 Å². The first-order chi connectivity index (χ1) is 12.4. The van der Waals surface area contributed by atoms with Gasteiger partial charge >= 0.3 is 6.18 Å². The summed E-state index contributed by atoms with van der Waals surface area (Å²) in [6.45, 7) is -0.0473. The Bertz CT molecular complexity index is 834. The van der Waals surface area contributed by atoms with Crippen molar-refractivity contribution in [2.75, 3.05) is 19.6 Å². The van der Waals surface area contributed by atoms with E-state index < -0.39 is 39.5 Å². The molecule has 1 amide bonds. The van der Waals surface area contributed by atoms with E-state index in [9.17, 15) is 36.5 Å². The number of halogens is 3. The molecule has 0 unspecified atom stereocenters. The number of nitrogens with one attached hydrogen (secondary N) is 1. The third-order valence-corrected chi connectivity index (χ3v) is 6.33. The molecular weight excluding hydrogens is 391 g/mol. The van der Waals surface area contributed by atoms with E-state index in [4.69, 9.17) is 0 Å². The molecule has 0 spiro atoms. The maximum atomic E-state index is 12.8. The van der Waals surface area contributed by atoms with Crippen molar-refractivity contribution in [2.24, 2.45) is 5.92 Å². The van der Waals surface area contributed by atoms with Crippen LogP contribution in [0.5, 0.6) is 0 Å². The number of hydrogen-bond acceptors (Lipinski definition) is 5. The zero-order chi connectivity index (χ0) is 20.4. The number of rotatable bonds is 5. The normalized spacial score (nSPS) is 16.9. The van der Waals surface area contributed by atoms with Gasteiger partial charge in [-0.15, -0.1) is 0 Å². The fraction of sp³-hybridized carbons (Fsp3) is 0.533. The second kappa shape index (κ2) is 7.80. The van der Waals surface area contributed by atoms with Gasteiger partial charge < -0.3 is 5.32 Å². The Kier molecular flexibility index (Phi) is 6.10. The molecule has 0 radical (unpaired) electrons. The number of carbonyl (C=O) groups excluding carboxylic acids is 1. The Hall–Kier alpha value is -2.21. The van der Waals surface area contributed by atoms with E-state index >= 15 is 0 Å². The van der Waals surface area contributed by atoms with Crippen molar-refractivity contribution in [3.05, 3.63) is 33.9 Å². The van der Waals surface area contributed by atoms with Crippen molar-refractivity contribution in [2.45, 2.75) is 30.8 Å². The minimum atomic E-state index is -4.51. The number of benzene rings is 1. The SMILES string of the molecule is Cc1ccc([N+](=O)[O-])cc1S(=O)(=O)N1CCC(C(=O)NCC(F)(F)F)CC1. The number of nitro groups is 1. The van der Waals surface area contributed by atoms with Gasteiger partial charge in [0.15, 0.2) is 0 Å². The first-order valence-electron chi connectivity index (χ1n) is 8.01. The van der Waals surface area contributed by atoms with Gasteiger partial charge in [-0.2, -0.15) is 17.5 Å². The van der Waals surface area contributed by atoms with Crippen molar-refractivity contribution < 1.29 is 31.3 Å².